The molecule has 1 N–H and O–H groups in total. The van der Waals surface area contributed by atoms with Crippen LogP contribution in [-0.4, -0.2) is 43.0 Å². The quantitative estimate of drug-likeness (QED) is 0.271. The molecule has 0 unspecified atom stereocenters. The van der Waals surface area contributed by atoms with Gasteiger partial charge in [0.15, 0.2) is 6.61 Å². The minimum absolute atomic E-state index is 0.167. The maximum absolute atomic E-state index is 13.6. The van der Waals surface area contributed by atoms with Crippen molar-refractivity contribution in [3.8, 4) is 11.5 Å². The Labute approximate surface area is 228 Å². The van der Waals surface area contributed by atoms with Gasteiger partial charge in [-0.25, -0.2) is 0 Å². The number of hydrogen-bond donors (Lipinski definition) is 1. The third-order valence-electron chi connectivity index (χ3n) is 5.86. The highest BCUT2D eigenvalue weighted by atomic mass is 35.5. The van der Waals surface area contributed by atoms with Crippen LogP contribution in [0.5, 0.6) is 11.5 Å². The van der Waals surface area contributed by atoms with Gasteiger partial charge in [-0.05, 0) is 53.9 Å². The Hall–Kier alpha value is -3.22. The van der Waals surface area contributed by atoms with Gasteiger partial charge >= 0.3 is 0 Å². The van der Waals surface area contributed by atoms with Crippen molar-refractivity contribution >= 4 is 35.0 Å². The lowest BCUT2D eigenvalue weighted by atomic mass is 10.0. The second-order valence-corrected chi connectivity index (χ2v) is 9.40. The average Bonchev–Trinajstić information content (AvgIpc) is 2.92. The molecule has 0 radical (unpaired) electrons. The van der Waals surface area contributed by atoms with Crippen LogP contribution < -0.4 is 14.8 Å². The zero-order chi connectivity index (χ0) is 26.6. The van der Waals surface area contributed by atoms with Gasteiger partial charge in [-0.15, -0.1) is 0 Å². The molecule has 1 atom stereocenters. The SMILES string of the molecule is CCCCNC(=O)[C@@H](Cc1ccccc1)N(Cc1ccc(Cl)c(Cl)c1)C(=O)COc1ccc(OC)cc1. The van der Waals surface area contributed by atoms with Crippen LogP contribution in [0.4, 0.5) is 0 Å². The molecule has 3 aromatic rings. The Bertz CT molecular complexity index is 1160. The minimum Gasteiger partial charge on any atom is -0.497 e. The van der Waals surface area contributed by atoms with Crippen LogP contribution in [0.3, 0.4) is 0 Å². The molecule has 0 bridgehead atoms. The Morgan fingerprint density at radius 2 is 1.62 bits per heavy atom. The van der Waals surface area contributed by atoms with Crippen molar-refractivity contribution in [2.24, 2.45) is 0 Å². The summed E-state index contributed by atoms with van der Waals surface area (Å²) in [5.41, 5.74) is 1.70. The first kappa shape index (κ1) is 28.4. The minimum atomic E-state index is -0.749. The fraction of sp³-hybridized carbons (Fsp3) is 0.310. The molecule has 0 aliphatic carbocycles. The van der Waals surface area contributed by atoms with E-state index in [2.05, 4.69) is 12.2 Å². The van der Waals surface area contributed by atoms with Crippen LogP contribution >= 0.6 is 23.2 Å². The lowest BCUT2D eigenvalue weighted by Crippen LogP contribution is -2.51. The van der Waals surface area contributed by atoms with Crippen LogP contribution in [0, 0.1) is 0 Å². The summed E-state index contributed by atoms with van der Waals surface area (Å²) in [6.07, 6.45) is 2.16. The molecule has 196 valence electrons. The number of nitrogens with zero attached hydrogens (tertiary/aromatic N) is 1. The summed E-state index contributed by atoms with van der Waals surface area (Å²) in [4.78, 5) is 28.6. The van der Waals surface area contributed by atoms with Crippen molar-refractivity contribution < 1.29 is 19.1 Å². The molecule has 8 heteroatoms. The summed E-state index contributed by atoms with van der Waals surface area (Å²) in [5, 5.41) is 3.80. The smallest absolute Gasteiger partial charge is 0.261 e. The van der Waals surface area contributed by atoms with E-state index in [0.29, 0.717) is 34.5 Å². The van der Waals surface area contributed by atoms with E-state index in [0.717, 1.165) is 24.0 Å². The van der Waals surface area contributed by atoms with Gasteiger partial charge in [0, 0.05) is 19.5 Å². The van der Waals surface area contributed by atoms with Crippen molar-refractivity contribution in [2.45, 2.75) is 38.8 Å². The zero-order valence-corrected chi connectivity index (χ0v) is 22.6. The molecule has 0 aliphatic rings. The van der Waals surface area contributed by atoms with Crippen molar-refractivity contribution in [1.29, 1.82) is 0 Å². The van der Waals surface area contributed by atoms with E-state index in [4.69, 9.17) is 32.7 Å². The van der Waals surface area contributed by atoms with E-state index in [1.807, 2.05) is 30.3 Å². The number of halogens is 2. The molecule has 0 aromatic heterocycles. The van der Waals surface area contributed by atoms with Gasteiger partial charge in [0.25, 0.3) is 5.91 Å². The number of benzene rings is 3. The van der Waals surface area contributed by atoms with Crippen molar-refractivity contribution in [3.05, 3.63) is 94.0 Å². The van der Waals surface area contributed by atoms with E-state index in [1.165, 1.54) is 0 Å². The van der Waals surface area contributed by atoms with Crippen LogP contribution in [0.1, 0.15) is 30.9 Å². The molecule has 0 aliphatic heterocycles. The van der Waals surface area contributed by atoms with Crippen LogP contribution in [0.25, 0.3) is 0 Å². The van der Waals surface area contributed by atoms with E-state index < -0.39 is 6.04 Å². The van der Waals surface area contributed by atoms with Crippen LogP contribution in [-0.2, 0) is 22.6 Å². The van der Waals surface area contributed by atoms with Gasteiger partial charge in [0.1, 0.15) is 17.5 Å². The standard InChI is InChI=1S/C29H32Cl2N2O4/c1-3-4-16-32-29(35)27(18-21-8-6-5-7-9-21)33(19-22-10-15-25(30)26(31)17-22)28(34)20-37-24-13-11-23(36-2)12-14-24/h5-15,17,27H,3-4,16,18-20H2,1-2H3,(H,32,35)/t27-/m1/s1. The lowest BCUT2D eigenvalue weighted by Gasteiger charge is -2.31. The van der Waals surface area contributed by atoms with E-state index >= 15 is 0 Å². The molecule has 37 heavy (non-hydrogen) atoms. The molecule has 6 nitrogen and oxygen atoms in total. The summed E-state index contributed by atoms with van der Waals surface area (Å²) < 4.78 is 11.0. The number of ether oxygens (including phenoxy) is 2. The molecule has 3 rings (SSSR count). The normalized spacial score (nSPS) is 11.5. The highest BCUT2D eigenvalue weighted by Gasteiger charge is 2.30. The van der Waals surface area contributed by atoms with Gasteiger partial charge in [-0.3, -0.25) is 9.59 Å². The van der Waals surface area contributed by atoms with Gasteiger partial charge in [-0.2, -0.15) is 0 Å². The van der Waals surface area contributed by atoms with E-state index in [1.54, 1.807) is 54.5 Å². The third kappa shape index (κ3) is 8.69. The first-order valence-electron chi connectivity index (χ1n) is 12.2. The predicted octanol–water partition coefficient (Wildman–Crippen LogP) is 5.94. The molecule has 0 heterocycles. The molecular formula is C29H32Cl2N2O4. The highest BCUT2D eigenvalue weighted by Crippen LogP contribution is 2.24. The summed E-state index contributed by atoms with van der Waals surface area (Å²) >= 11 is 12.4. The maximum Gasteiger partial charge on any atom is 0.261 e. The number of carbonyl (C=O) groups excluding carboxylic acids is 2. The molecule has 3 aromatic carbocycles. The first-order chi connectivity index (χ1) is 17.9. The lowest BCUT2D eigenvalue weighted by molar-refractivity contribution is -0.142. The Morgan fingerprint density at radius 1 is 0.919 bits per heavy atom. The Kier molecular flexibility index (Phi) is 11.1. The fourth-order valence-corrected chi connectivity index (χ4v) is 4.12. The average molecular weight is 543 g/mol. The van der Waals surface area contributed by atoms with Crippen molar-refractivity contribution in [1.82, 2.24) is 10.2 Å². The predicted molar refractivity (Wildman–Crippen MR) is 147 cm³/mol. The highest BCUT2D eigenvalue weighted by molar-refractivity contribution is 6.42. The van der Waals surface area contributed by atoms with E-state index in [9.17, 15) is 9.59 Å². The summed E-state index contributed by atoms with van der Waals surface area (Å²) in [7, 11) is 1.58. The number of hydrogen-bond acceptors (Lipinski definition) is 4. The number of nitrogens with one attached hydrogen (secondary N) is 1. The fourth-order valence-electron chi connectivity index (χ4n) is 3.79. The van der Waals surface area contributed by atoms with Crippen LogP contribution in [0.2, 0.25) is 10.0 Å². The molecule has 2 amide bonds. The monoisotopic (exact) mass is 542 g/mol. The molecule has 0 fully saturated rings. The largest absolute Gasteiger partial charge is 0.497 e. The molecular weight excluding hydrogens is 511 g/mol. The Balaban J connectivity index is 1.88. The summed E-state index contributed by atoms with van der Waals surface area (Å²) in [5.74, 6) is 0.672. The summed E-state index contributed by atoms with van der Waals surface area (Å²) in [6.45, 7) is 2.53. The second kappa shape index (κ2) is 14.5. The second-order valence-electron chi connectivity index (χ2n) is 8.58. The number of methoxy groups -OCH3 is 1. The van der Waals surface area contributed by atoms with E-state index in [-0.39, 0.29) is 25.0 Å². The molecule has 0 spiro atoms. The first-order valence-corrected chi connectivity index (χ1v) is 13.0. The number of amides is 2. The van der Waals surface area contributed by atoms with Gasteiger partial charge in [0.05, 0.1) is 17.2 Å². The van der Waals surface area contributed by atoms with Gasteiger partial charge in [0.2, 0.25) is 5.91 Å². The van der Waals surface area contributed by atoms with Gasteiger partial charge in [-0.1, -0.05) is 72.9 Å². The summed E-state index contributed by atoms with van der Waals surface area (Å²) in [6, 6.07) is 21.1. The maximum atomic E-state index is 13.6. The Morgan fingerprint density at radius 3 is 2.27 bits per heavy atom. The van der Waals surface area contributed by atoms with Gasteiger partial charge < -0.3 is 19.7 Å². The van der Waals surface area contributed by atoms with Crippen molar-refractivity contribution in [2.75, 3.05) is 20.3 Å². The van der Waals surface area contributed by atoms with Crippen molar-refractivity contribution in [3.63, 3.8) is 0 Å². The number of rotatable bonds is 13. The topological polar surface area (TPSA) is 67.9 Å². The van der Waals surface area contributed by atoms with Crippen LogP contribution in [0.15, 0.2) is 72.8 Å². The number of unbranched alkanes of at least 4 members (excludes halogenated alkanes) is 1. The molecule has 0 saturated heterocycles. The third-order valence-corrected chi connectivity index (χ3v) is 6.60. The zero-order valence-electron chi connectivity index (χ0n) is 21.1. The number of carbonyl (C=O) groups is 2. The molecule has 0 saturated carbocycles.